The summed E-state index contributed by atoms with van der Waals surface area (Å²) in [5.41, 5.74) is 0.0910. The summed E-state index contributed by atoms with van der Waals surface area (Å²) in [7, 11) is 0. The van der Waals surface area contributed by atoms with Crippen LogP contribution in [0.4, 0.5) is 4.79 Å². The molecule has 2 heterocycles. The van der Waals surface area contributed by atoms with Gasteiger partial charge in [-0.05, 0) is 58.4 Å². The van der Waals surface area contributed by atoms with E-state index in [-0.39, 0.29) is 6.09 Å². The molecule has 1 aliphatic rings. The van der Waals surface area contributed by atoms with Gasteiger partial charge in [0.1, 0.15) is 5.60 Å². The van der Waals surface area contributed by atoms with Crippen LogP contribution in [0.5, 0.6) is 5.88 Å². The van der Waals surface area contributed by atoms with Crippen LogP contribution in [-0.4, -0.2) is 41.3 Å². The van der Waals surface area contributed by atoms with Gasteiger partial charge in [-0.3, -0.25) is 0 Å². The van der Waals surface area contributed by atoms with E-state index in [0.29, 0.717) is 24.0 Å². The van der Waals surface area contributed by atoms with Gasteiger partial charge in [-0.2, -0.15) is 5.26 Å². The van der Waals surface area contributed by atoms with Gasteiger partial charge in [-0.25, -0.2) is 9.78 Å². The molecule has 0 saturated carbocycles. The second-order valence-electron chi connectivity index (χ2n) is 7.42. The number of carbonyl (C=O) groups is 1. The Balaban J connectivity index is 1.72. The number of aromatic nitrogens is 1. The zero-order valence-electron chi connectivity index (χ0n) is 15.3. The lowest BCUT2D eigenvalue weighted by atomic mass is 9.94. The topological polar surface area (TPSA) is 75.4 Å². The SMILES string of the molecule is CC(C)(C)OC(=O)N1CCC[C@@H](CCCOc2cc(C#N)ccn2)C1. The van der Waals surface area contributed by atoms with Crippen molar-refractivity contribution in [3.63, 3.8) is 0 Å². The Labute approximate surface area is 149 Å². The van der Waals surface area contributed by atoms with Gasteiger partial charge in [-0.1, -0.05) is 0 Å². The Kier molecular flexibility index (Phi) is 6.63. The lowest BCUT2D eigenvalue weighted by Gasteiger charge is -2.34. The van der Waals surface area contributed by atoms with E-state index in [1.54, 1.807) is 18.3 Å². The van der Waals surface area contributed by atoms with Crippen LogP contribution in [0.3, 0.4) is 0 Å². The molecule has 0 bridgehead atoms. The van der Waals surface area contributed by atoms with E-state index in [9.17, 15) is 4.79 Å². The van der Waals surface area contributed by atoms with Crippen LogP contribution < -0.4 is 4.74 Å². The Morgan fingerprint density at radius 1 is 1.48 bits per heavy atom. The van der Waals surface area contributed by atoms with E-state index in [1.165, 1.54) is 0 Å². The molecule has 0 spiro atoms. The second kappa shape index (κ2) is 8.70. The van der Waals surface area contributed by atoms with Crippen LogP contribution in [0.15, 0.2) is 18.3 Å². The highest BCUT2D eigenvalue weighted by molar-refractivity contribution is 5.68. The highest BCUT2D eigenvalue weighted by Gasteiger charge is 2.27. The summed E-state index contributed by atoms with van der Waals surface area (Å²) < 4.78 is 11.1. The Hall–Kier alpha value is -2.29. The maximum atomic E-state index is 12.2. The number of nitrogens with zero attached hydrogens (tertiary/aromatic N) is 3. The monoisotopic (exact) mass is 345 g/mol. The number of nitriles is 1. The fourth-order valence-corrected chi connectivity index (χ4v) is 2.90. The van der Waals surface area contributed by atoms with E-state index in [0.717, 1.165) is 38.8 Å². The molecule has 0 unspecified atom stereocenters. The van der Waals surface area contributed by atoms with Gasteiger partial charge in [0.05, 0.1) is 18.2 Å². The molecule has 1 aliphatic heterocycles. The van der Waals surface area contributed by atoms with Gasteiger partial charge in [-0.15, -0.1) is 0 Å². The molecule has 1 saturated heterocycles. The molecule has 1 amide bonds. The van der Waals surface area contributed by atoms with Crippen molar-refractivity contribution in [1.29, 1.82) is 5.26 Å². The predicted octanol–water partition coefficient (Wildman–Crippen LogP) is 3.76. The van der Waals surface area contributed by atoms with Crippen LogP contribution in [0, 0.1) is 17.2 Å². The van der Waals surface area contributed by atoms with Crippen LogP contribution in [0.1, 0.15) is 52.0 Å². The molecule has 136 valence electrons. The summed E-state index contributed by atoms with van der Waals surface area (Å²) >= 11 is 0. The fraction of sp³-hybridized carbons (Fsp3) is 0.632. The van der Waals surface area contributed by atoms with Gasteiger partial charge < -0.3 is 14.4 Å². The predicted molar refractivity (Wildman–Crippen MR) is 94.2 cm³/mol. The molecule has 1 fully saturated rings. The molecule has 6 heteroatoms. The maximum Gasteiger partial charge on any atom is 0.410 e. The molecular formula is C19H27N3O3. The van der Waals surface area contributed by atoms with E-state index in [1.807, 2.05) is 25.7 Å². The highest BCUT2D eigenvalue weighted by Crippen LogP contribution is 2.23. The molecule has 2 rings (SSSR count). The molecule has 1 aromatic heterocycles. The smallest absolute Gasteiger partial charge is 0.410 e. The van der Waals surface area contributed by atoms with Crippen LogP contribution in [-0.2, 0) is 4.74 Å². The average Bonchev–Trinajstić information content (AvgIpc) is 2.58. The average molecular weight is 345 g/mol. The number of piperidine rings is 1. The van der Waals surface area contributed by atoms with Gasteiger partial charge in [0.25, 0.3) is 0 Å². The number of ether oxygens (including phenoxy) is 2. The largest absolute Gasteiger partial charge is 0.478 e. The third-order valence-electron chi connectivity index (χ3n) is 4.04. The minimum absolute atomic E-state index is 0.217. The first-order chi connectivity index (χ1) is 11.9. The third kappa shape index (κ3) is 6.61. The summed E-state index contributed by atoms with van der Waals surface area (Å²) in [4.78, 5) is 18.1. The molecule has 6 nitrogen and oxygen atoms in total. The summed E-state index contributed by atoms with van der Waals surface area (Å²) in [6.45, 7) is 7.74. The van der Waals surface area contributed by atoms with Gasteiger partial charge >= 0.3 is 6.09 Å². The Bertz CT molecular complexity index is 619. The zero-order valence-corrected chi connectivity index (χ0v) is 15.3. The Morgan fingerprint density at radius 3 is 3.00 bits per heavy atom. The van der Waals surface area contributed by atoms with Crippen molar-refractivity contribution in [3.8, 4) is 11.9 Å². The quantitative estimate of drug-likeness (QED) is 0.760. The molecule has 1 atom stereocenters. The van der Waals surface area contributed by atoms with Crippen molar-refractivity contribution >= 4 is 6.09 Å². The zero-order chi connectivity index (χ0) is 18.3. The molecule has 1 aromatic rings. The molecule has 25 heavy (non-hydrogen) atoms. The fourth-order valence-electron chi connectivity index (χ4n) is 2.90. The van der Waals surface area contributed by atoms with Crippen LogP contribution >= 0.6 is 0 Å². The van der Waals surface area contributed by atoms with Crippen molar-refractivity contribution in [3.05, 3.63) is 23.9 Å². The van der Waals surface area contributed by atoms with Crippen molar-refractivity contribution in [2.24, 2.45) is 5.92 Å². The number of rotatable bonds is 5. The summed E-state index contributed by atoms with van der Waals surface area (Å²) in [6.07, 6.45) is 5.39. The number of likely N-dealkylation sites (tertiary alicyclic amines) is 1. The molecular weight excluding hydrogens is 318 g/mol. The molecule has 0 aromatic carbocycles. The first-order valence-electron chi connectivity index (χ1n) is 8.84. The number of carbonyl (C=O) groups excluding carboxylic acids is 1. The van der Waals surface area contributed by atoms with E-state index < -0.39 is 5.60 Å². The minimum Gasteiger partial charge on any atom is -0.478 e. The first kappa shape index (κ1) is 19.0. The number of hydrogen-bond donors (Lipinski definition) is 0. The van der Waals surface area contributed by atoms with Crippen LogP contribution in [0.25, 0.3) is 0 Å². The minimum atomic E-state index is -0.456. The lowest BCUT2D eigenvalue weighted by Crippen LogP contribution is -2.42. The van der Waals surface area contributed by atoms with Gasteiger partial charge in [0.15, 0.2) is 0 Å². The van der Waals surface area contributed by atoms with Crippen molar-refractivity contribution in [1.82, 2.24) is 9.88 Å². The standard InChI is InChI=1S/C19H27N3O3/c1-19(2,3)25-18(23)22-10-4-6-15(14-22)7-5-11-24-17-12-16(13-20)8-9-21-17/h8-9,12,15H,4-7,10-11,14H2,1-3H3/t15-/m0/s1. The van der Waals surface area contributed by atoms with Gasteiger partial charge in [0.2, 0.25) is 5.88 Å². The van der Waals surface area contributed by atoms with E-state index in [2.05, 4.69) is 11.1 Å². The number of pyridine rings is 1. The maximum absolute atomic E-state index is 12.2. The second-order valence-corrected chi connectivity index (χ2v) is 7.42. The molecule has 0 radical (unpaired) electrons. The normalized spacial score (nSPS) is 17.7. The number of amides is 1. The molecule has 0 N–H and O–H groups in total. The summed E-state index contributed by atoms with van der Waals surface area (Å²) in [5.74, 6) is 0.960. The van der Waals surface area contributed by atoms with Crippen molar-refractivity contribution < 1.29 is 14.3 Å². The number of hydrogen-bond acceptors (Lipinski definition) is 5. The van der Waals surface area contributed by atoms with Crippen LogP contribution in [0.2, 0.25) is 0 Å². The lowest BCUT2D eigenvalue weighted by molar-refractivity contribution is 0.0159. The summed E-state index contributed by atoms with van der Waals surface area (Å²) in [6, 6.07) is 5.37. The van der Waals surface area contributed by atoms with E-state index in [4.69, 9.17) is 14.7 Å². The van der Waals surface area contributed by atoms with E-state index >= 15 is 0 Å². The highest BCUT2D eigenvalue weighted by atomic mass is 16.6. The van der Waals surface area contributed by atoms with Crippen molar-refractivity contribution in [2.45, 2.75) is 52.1 Å². The van der Waals surface area contributed by atoms with Crippen molar-refractivity contribution in [2.75, 3.05) is 19.7 Å². The Morgan fingerprint density at radius 2 is 2.28 bits per heavy atom. The van der Waals surface area contributed by atoms with Gasteiger partial charge in [0, 0.05) is 25.4 Å². The summed E-state index contributed by atoms with van der Waals surface area (Å²) in [5, 5.41) is 8.87. The first-order valence-corrected chi connectivity index (χ1v) is 8.84. The molecule has 0 aliphatic carbocycles. The third-order valence-corrected chi connectivity index (χ3v) is 4.04.